The minimum absolute atomic E-state index is 0.203. The zero-order valence-corrected chi connectivity index (χ0v) is 13.2. The van der Waals surface area contributed by atoms with Gasteiger partial charge in [-0.1, -0.05) is 12.1 Å². The first-order valence-electron chi connectivity index (χ1n) is 7.90. The molecule has 1 aromatic heterocycles. The first kappa shape index (κ1) is 16.0. The summed E-state index contributed by atoms with van der Waals surface area (Å²) < 4.78 is 21.3. The molecule has 0 bridgehead atoms. The normalized spacial score (nSPS) is 22.7. The van der Waals surface area contributed by atoms with Crippen LogP contribution in [0.1, 0.15) is 18.5 Å². The summed E-state index contributed by atoms with van der Waals surface area (Å²) in [5, 5.41) is 10.3. The second-order valence-corrected chi connectivity index (χ2v) is 6.04. The summed E-state index contributed by atoms with van der Waals surface area (Å²) in [4.78, 5) is 6.58. The number of likely N-dealkylation sites (tertiary alicyclic amines) is 1. The average molecular weight is 319 g/mol. The van der Waals surface area contributed by atoms with E-state index in [-0.39, 0.29) is 11.9 Å². The molecule has 1 fully saturated rings. The zero-order valence-electron chi connectivity index (χ0n) is 13.2. The molecule has 2 heterocycles. The van der Waals surface area contributed by atoms with Crippen molar-refractivity contribution in [3.8, 4) is 5.75 Å². The Balaban J connectivity index is 1.60. The van der Waals surface area contributed by atoms with Gasteiger partial charge in [0, 0.05) is 32.9 Å². The van der Waals surface area contributed by atoms with Crippen molar-refractivity contribution in [1.29, 1.82) is 0 Å². The van der Waals surface area contributed by atoms with E-state index >= 15 is 0 Å². The molecule has 3 rings (SSSR count). The lowest BCUT2D eigenvalue weighted by Gasteiger charge is -2.22. The Labute approximate surface area is 135 Å². The van der Waals surface area contributed by atoms with Crippen LogP contribution >= 0.6 is 0 Å². The second-order valence-electron chi connectivity index (χ2n) is 6.04. The van der Waals surface area contributed by atoms with Crippen molar-refractivity contribution in [2.45, 2.75) is 31.6 Å². The van der Waals surface area contributed by atoms with Gasteiger partial charge in [0.1, 0.15) is 6.10 Å². The van der Waals surface area contributed by atoms with Crippen molar-refractivity contribution in [3.63, 3.8) is 0 Å². The molecule has 1 aliphatic rings. The maximum atomic E-state index is 13.7. The van der Waals surface area contributed by atoms with Gasteiger partial charge in [-0.25, -0.2) is 9.37 Å². The number of rotatable bonds is 4. The first-order chi connectivity index (χ1) is 11.1. The maximum Gasteiger partial charge on any atom is 0.165 e. The number of halogens is 1. The Morgan fingerprint density at radius 2 is 2.09 bits per heavy atom. The van der Waals surface area contributed by atoms with Gasteiger partial charge in [-0.15, -0.1) is 0 Å². The van der Waals surface area contributed by atoms with E-state index in [2.05, 4.69) is 9.88 Å². The van der Waals surface area contributed by atoms with Crippen molar-refractivity contribution < 1.29 is 14.2 Å². The van der Waals surface area contributed by atoms with Crippen LogP contribution in [0.3, 0.4) is 0 Å². The number of aliphatic hydroxyl groups is 1. The van der Waals surface area contributed by atoms with E-state index in [1.54, 1.807) is 24.5 Å². The number of aliphatic hydroxyl groups excluding tert-OH is 1. The van der Waals surface area contributed by atoms with Gasteiger partial charge in [-0.2, -0.15) is 0 Å². The standard InChI is InChI=1S/C17H22FN3O2/c1-20-10-13(19-12-20)11-21-8-6-15(22)17(7-9-21)23-16-5-3-2-4-14(16)18/h2-5,10,12,15,17,22H,6-9,11H2,1H3/t15-,17-/m0/s1. The molecular weight excluding hydrogens is 297 g/mol. The van der Waals surface area contributed by atoms with Gasteiger partial charge in [0.25, 0.3) is 0 Å². The van der Waals surface area contributed by atoms with E-state index in [9.17, 15) is 9.50 Å². The quantitative estimate of drug-likeness (QED) is 0.936. The maximum absolute atomic E-state index is 13.7. The second kappa shape index (κ2) is 7.10. The lowest BCUT2D eigenvalue weighted by Crippen LogP contribution is -2.31. The number of ether oxygens (including phenoxy) is 1. The van der Waals surface area contributed by atoms with E-state index in [0.717, 1.165) is 25.3 Å². The highest BCUT2D eigenvalue weighted by Crippen LogP contribution is 2.22. The van der Waals surface area contributed by atoms with Gasteiger partial charge in [0.05, 0.1) is 18.1 Å². The van der Waals surface area contributed by atoms with Crippen LogP contribution in [0.4, 0.5) is 4.39 Å². The van der Waals surface area contributed by atoms with Crippen LogP contribution in [0.5, 0.6) is 5.75 Å². The van der Waals surface area contributed by atoms with Crippen LogP contribution in [-0.2, 0) is 13.6 Å². The Morgan fingerprint density at radius 1 is 1.30 bits per heavy atom. The number of imidazole rings is 1. The highest BCUT2D eigenvalue weighted by atomic mass is 19.1. The van der Waals surface area contributed by atoms with E-state index in [1.807, 2.05) is 17.8 Å². The summed E-state index contributed by atoms with van der Waals surface area (Å²) in [6.45, 7) is 2.31. The SMILES string of the molecule is Cn1cnc(CN2CC[C@H](Oc3ccccc3F)[C@@H](O)CC2)c1. The van der Waals surface area contributed by atoms with Crippen molar-refractivity contribution >= 4 is 0 Å². The minimum atomic E-state index is -0.594. The van der Waals surface area contributed by atoms with Gasteiger partial charge >= 0.3 is 0 Å². The molecule has 0 radical (unpaired) electrons. The zero-order chi connectivity index (χ0) is 16.2. The molecule has 0 saturated carbocycles. The summed E-state index contributed by atoms with van der Waals surface area (Å²) in [6, 6.07) is 6.32. The summed E-state index contributed by atoms with van der Waals surface area (Å²) in [5.74, 6) is -0.191. The Bertz CT molecular complexity index is 646. The smallest absolute Gasteiger partial charge is 0.165 e. The molecule has 0 amide bonds. The third kappa shape index (κ3) is 4.09. The van der Waals surface area contributed by atoms with Crippen molar-refractivity contribution in [2.75, 3.05) is 13.1 Å². The number of benzene rings is 1. The molecule has 1 N–H and O–H groups in total. The number of aromatic nitrogens is 2. The first-order valence-corrected chi connectivity index (χ1v) is 7.90. The van der Waals surface area contributed by atoms with Gasteiger partial charge < -0.3 is 14.4 Å². The van der Waals surface area contributed by atoms with Crippen LogP contribution < -0.4 is 4.74 Å². The van der Waals surface area contributed by atoms with Gasteiger partial charge in [0.15, 0.2) is 11.6 Å². The Morgan fingerprint density at radius 3 is 2.83 bits per heavy atom. The molecule has 124 valence electrons. The number of nitrogens with zero attached hydrogens (tertiary/aromatic N) is 3. The van der Waals surface area contributed by atoms with E-state index in [1.165, 1.54) is 6.07 Å². The van der Waals surface area contributed by atoms with Gasteiger partial charge in [0.2, 0.25) is 0 Å². The number of para-hydroxylation sites is 1. The van der Waals surface area contributed by atoms with E-state index in [0.29, 0.717) is 12.8 Å². The number of hydrogen-bond acceptors (Lipinski definition) is 4. The minimum Gasteiger partial charge on any atom is -0.485 e. The molecule has 23 heavy (non-hydrogen) atoms. The highest BCUT2D eigenvalue weighted by Gasteiger charge is 2.27. The predicted molar refractivity (Wildman–Crippen MR) is 84.5 cm³/mol. The summed E-state index contributed by atoms with van der Waals surface area (Å²) in [6.07, 6.45) is 4.05. The molecule has 0 unspecified atom stereocenters. The fourth-order valence-electron chi connectivity index (χ4n) is 2.89. The topological polar surface area (TPSA) is 50.5 Å². The lowest BCUT2D eigenvalue weighted by molar-refractivity contribution is 0.0328. The van der Waals surface area contributed by atoms with Gasteiger partial charge in [-0.3, -0.25) is 4.90 Å². The van der Waals surface area contributed by atoms with E-state index in [4.69, 9.17) is 4.74 Å². The van der Waals surface area contributed by atoms with Crippen molar-refractivity contribution in [2.24, 2.45) is 7.05 Å². The predicted octanol–water partition coefficient (Wildman–Crippen LogP) is 1.96. The third-order valence-corrected chi connectivity index (χ3v) is 4.16. The molecule has 5 nitrogen and oxygen atoms in total. The molecule has 1 aromatic carbocycles. The molecule has 1 aliphatic heterocycles. The van der Waals surface area contributed by atoms with Gasteiger partial charge in [-0.05, 0) is 25.0 Å². The van der Waals surface area contributed by atoms with Crippen molar-refractivity contribution in [1.82, 2.24) is 14.5 Å². The number of aryl methyl sites for hydroxylation is 1. The molecular formula is C17H22FN3O2. The molecule has 0 aliphatic carbocycles. The van der Waals surface area contributed by atoms with Crippen LogP contribution in [-0.4, -0.2) is 44.9 Å². The number of hydrogen-bond donors (Lipinski definition) is 1. The van der Waals surface area contributed by atoms with Crippen LogP contribution in [0, 0.1) is 5.82 Å². The van der Waals surface area contributed by atoms with Crippen molar-refractivity contribution in [3.05, 3.63) is 48.3 Å². The summed E-state index contributed by atoms with van der Waals surface area (Å²) in [7, 11) is 1.95. The Hall–Kier alpha value is -1.92. The molecule has 6 heteroatoms. The van der Waals surface area contributed by atoms with Crippen LogP contribution in [0.2, 0.25) is 0 Å². The molecule has 0 spiro atoms. The lowest BCUT2D eigenvalue weighted by atomic mass is 10.1. The summed E-state index contributed by atoms with van der Waals surface area (Å²) in [5.41, 5.74) is 1.01. The largest absolute Gasteiger partial charge is 0.485 e. The molecule has 2 atom stereocenters. The molecule has 1 saturated heterocycles. The highest BCUT2D eigenvalue weighted by molar-refractivity contribution is 5.24. The molecule has 2 aromatic rings. The van der Waals surface area contributed by atoms with E-state index < -0.39 is 11.9 Å². The Kier molecular flexibility index (Phi) is 4.93. The fraction of sp³-hybridized carbons (Fsp3) is 0.471. The monoisotopic (exact) mass is 319 g/mol. The third-order valence-electron chi connectivity index (χ3n) is 4.16. The average Bonchev–Trinajstić information content (AvgIpc) is 2.86. The fourth-order valence-corrected chi connectivity index (χ4v) is 2.89. The van der Waals surface area contributed by atoms with Crippen LogP contribution in [0.25, 0.3) is 0 Å². The summed E-state index contributed by atoms with van der Waals surface area (Å²) >= 11 is 0. The van der Waals surface area contributed by atoms with Crippen LogP contribution in [0.15, 0.2) is 36.8 Å².